The molecule has 2 aliphatic heterocycles. The Balaban J connectivity index is 2.18. The van der Waals surface area contributed by atoms with Crippen molar-refractivity contribution in [2.75, 3.05) is 53.2 Å². The summed E-state index contributed by atoms with van der Waals surface area (Å²) < 4.78 is 11.3. The molecule has 26 heavy (non-hydrogen) atoms. The Hall–Kier alpha value is -0.890. The second-order valence-electron chi connectivity index (χ2n) is 7.54. The standard InChI is InChI=1S/C18H34ClN5O2/c1-13(2)15-10-25-8-6-23(15)12-21-18(22-17(19)20-5)24-7-9-26-11-16(24)14(3)4/h13-16H,6-12H2,1-5H3,(H,20,21,22). The summed E-state index contributed by atoms with van der Waals surface area (Å²) in [6.07, 6.45) is 0. The lowest BCUT2D eigenvalue weighted by Crippen LogP contribution is -2.56. The summed E-state index contributed by atoms with van der Waals surface area (Å²) in [5.74, 6) is 1.75. The Labute approximate surface area is 162 Å². The molecule has 0 aromatic rings. The fourth-order valence-corrected chi connectivity index (χ4v) is 3.48. The molecule has 2 aliphatic rings. The number of amidine groups is 1. The highest BCUT2D eigenvalue weighted by Gasteiger charge is 2.30. The van der Waals surface area contributed by atoms with Crippen LogP contribution in [-0.2, 0) is 9.47 Å². The number of hydrogen-bond donors (Lipinski definition) is 1. The van der Waals surface area contributed by atoms with Crippen LogP contribution in [0.2, 0.25) is 0 Å². The van der Waals surface area contributed by atoms with Gasteiger partial charge in [0.05, 0.1) is 39.1 Å². The zero-order valence-corrected chi connectivity index (χ0v) is 17.5. The van der Waals surface area contributed by atoms with Crippen molar-refractivity contribution >= 4 is 22.9 Å². The van der Waals surface area contributed by atoms with Crippen molar-refractivity contribution in [3.05, 3.63) is 0 Å². The van der Waals surface area contributed by atoms with Gasteiger partial charge in [-0.2, -0.15) is 0 Å². The lowest BCUT2D eigenvalue weighted by molar-refractivity contribution is -0.0234. The van der Waals surface area contributed by atoms with Crippen LogP contribution >= 0.6 is 11.6 Å². The van der Waals surface area contributed by atoms with E-state index in [2.05, 4.69) is 47.8 Å². The van der Waals surface area contributed by atoms with E-state index in [0.29, 0.717) is 43.1 Å². The molecule has 0 bridgehead atoms. The molecule has 2 rings (SSSR count). The van der Waals surface area contributed by atoms with Gasteiger partial charge in [0.15, 0.2) is 5.29 Å². The van der Waals surface area contributed by atoms with Crippen LogP contribution in [-0.4, -0.2) is 86.4 Å². The number of aliphatic imine (C=N–C) groups is 2. The van der Waals surface area contributed by atoms with E-state index in [0.717, 1.165) is 32.3 Å². The van der Waals surface area contributed by atoms with E-state index in [1.165, 1.54) is 0 Å². The lowest BCUT2D eigenvalue weighted by Gasteiger charge is -2.41. The number of nitrogens with one attached hydrogen (secondary N) is 1. The summed E-state index contributed by atoms with van der Waals surface area (Å²) in [5, 5.41) is 3.53. The maximum Gasteiger partial charge on any atom is 0.202 e. The van der Waals surface area contributed by atoms with E-state index in [-0.39, 0.29) is 6.04 Å². The highest BCUT2D eigenvalue weighted by atomic mass is 35.5. The lowest BCUT2D eigenvalue weighted by atomic mass is 10.0. The molecule has 0 radical (unpaired) electrons. The Morgan fingerprint density at radius 1 is 1.08 bits per heavy atom. The first-order valence-electron chi connectivity index (χ1n) is 9.54. The van der Waals surface area contributed by atoms with Crippen molar-refractivity contribution in [1.29, 1.82) is 0 Å². The van der Waals surface area contributed by atoms with Gasteiger partial charge in [0, 0.05) is 26.2 Å². The zero-order valence-electron chi connectivity index (χ0n) is 16.7. The number of hydrogen-bond acceptors (Lipinski definition) is 5. The molecule has 2 unspecified atom stereocenters. The topological polar surface area (TPSA) is 61.7 Å². The number of guanidine groups is 1. The van der Waals surface area contributed by atoms with Crippen LogP contribution < -0.4 is 5.32 Å². The van der Waals surface area contributed by atoms with E-state index in [1.54, 1.807) is 7.05 Å². The fourth-order valence-electron chi connectivity index (χ4n) is 3.39. The zero-order chi connectivity index (χ0) is 19.1. The smallest absolute Gasteiger partial charge is 0.202 e. The van der Waals surface area contributed by atoms with Crippen LogP contribution in [0.5, 0.6) is 0 Å². The fraction of sp³-hybridized carbons (Fsp3) is 0.889. The molecule has 2 atom stereocenters. The van der Waals surface area contributed by atoms with E-state index in [9.17, 15) is 0 Å². The molecule has 2 saturated heterocycles. The molecule has 2 heterocycles. The van der Waals surface area contributed by atoms with E-state index >= 15 is 0 Å². The molecule has 0 amide bonds. The summed E-state index contributed by atoms with van der Waals surface area (Å²) in [6.45, 7) is 14.1. The second-order valence-corrected chi connectivity index (χ2v) is 7.90. The first-order valence-corrected chi connectivity index (χ1v) is 9.91. The Kier molecular flexibility index (Phi) is 8.60. The molecule has 8 heteroatoms. The largest absolute Gasteiger partial charge is 0.378 e. The van der Waals surface area contributed by atoms with Gasteiger partial charge in [-0.05, 0) is 23.4 Å². The van der Waals surface area contributed by atoms with Crippen molar-refractivity contribution < 1.29 is 9.47 Å². The van der Waals surface area contributed by atoms with E-state index in [1.807, 2.05) is 0 Å². The Morgan fingerprint density at radius 2 is 1.69 bits per heavy atom. The number of nitrogens with zero attached hydrogens (tertiary/aromatic N) is 4. The van der Waals surface area contributed by atoms with Gasteiger partial charge in [0.2, 0.25) is 5.96 Å². The number of halogens is 1. The SMILES string of the molecule is CN=C(Cl)NC(=NCN1CCOCC1C(C)C)N1CCOCC1C(C)C. The maximum absolute atomic E-state index is 6.17. The van der Waals surface area contributed by atoms with Gasteiger partial charge < -0.3 is 19.7 Å². The predicted octanol–water partition coefficient (Wildman–Crippen LogP) is 1.83. The van der Waals surface area contributed by atoms with Crippen molar-refractivity contribution in [1.82, 2.24) is 15.1 Å². The van der Waals surface area contributed by atoms with Gasteiger partial charge in [-0.1, -0.05) is 27.7 Å². The molecule has 0 aliphatic carbocycles. The van der Waals surface area contributed by atoms with E-state index < -0.39 is 0 Å². The third kappa shape index (κ3) is 5.81. The van der Waals surface area contributed by atoms with Gasteiger partial charge >= 0.3 is 0 Å². The van der Waals surface area contributed by atoms with Crippen molar-refractivity contribution in [2.45, 2.75) is 39.8 Å². The minimum absolute atomic E-state index is 0.266. The summed E-state index contributed by atoms with van der Waals surface area (Å²) in [7, 11) is 1.67. The molecule has 150 valence electrons. The molecule has 0 saturated carbocycles. The van der Waals surface area contributed by atoms with Gasteiger partial charge in [0.25, 0.3) is 0 Å². The Bertz CT molecular complexity index is 498. The van der Waals surface area contributed by atoms with E-state index in [4.69, 9.17) is 26.1 Å². The van der Waals surface area contributed by atoms with Gasteiger partial charge in [0.1, 0.15) is 0 Å². The molecule has 2 fully saturated rings. The molecule has 7 nitrogen and oxygen atoms in total. The summed E-state index contributed by atoms with van der Waals surface area (Å²) >= 11 is 6.17. The van der Waals surface area contributed by atoms with Gasteiger partial charge in [-0.3, -0.25) is 9.89 Å². The molecule has 0 aromatic carbocycles. The van der Waals surface area contributed by atoms with Gasteiger partial charge in [-0.25, -0.2) is 4.99 Å². The van der Waals surface area contributed by atoms with Crippen molar-refractivity contribution in [3.8, 4) is 0 Å². The average Bonchev–Trinajstić information content (AvgIpc) is 2.64. The number of ether oxygens (including phenoxy) is 2. The van der Waals surface area contributed by atoms with Crippen molar-refractivity contribution in [2.24, 2.45) is 21.8 Å². The van der Waals surface area contributed by atoms with Crippen LogP contribution in [0, 0.1) is 11.8 Å². The second kappa shape index (κ2) is 10.4. The third-order valence-corrected chi connectivity index (χ3v) is 5.33. The number of morpholine rings is 2. The van der Waals surface area contributed by atoms with Crippen LogP contribution in [0.15, 0.2) is 9.98 Å². The van der Waals surface area contributed by atoms with Crippen LogP contribution in [0.1, 0.15) is 27.7 Å². The third-order valence-electron chi connectivity index (χ3n) is 5.07. The summed E-state index contributed by atoms with van der Waals surface area (Å²) in [6, 6.07) is 0.650. The van der Waals surface area contributed by atoms with Crippen molar-refractivity contribution in [3.63, 3.8) is 0 Å². The minimum Gasteiger partial charge on any atom is -0.378 e. The quantitative estimate of drug-likeness (QED) is 0.453. The normalized spacial score (nSPS) is 26.7. The molecule has 1 N–H and O–H groups in total. The summed E-state index contributed by atoms with van der Waals surface area (Å²) in [4.78, 5) is 13.6. The number of rotatable bonds is 4. The molecular weight excluding hydrogens is 354 g/mol. The predicted molar refractivity (Wildman–Crippen MR) is 107 cm³/mol. The van der Waals surface area contributed by atoms with Gasteiger partial charge in [-0.15, -0.1) is 0 Å². The molecular formula is C18H34ClN5O2. The monoisotopic (exact) mass is 387 g/mol. The Morgan fingerprint density at radius 3 is 2.31 bits per heavy atom. The minimum atomic E-state index is 0.266. The van der Waals surface area contributed by atoms with Crippen LogP contribution in [0.4, 0.5) is 0 Å². The highest BCUT2D eigenvalue weighted by molar-refractivity contribution is 6.65. The van der Waals surface area contributed by atoms with Crippen LogP contribution in [0.3, 0.4) is 0 Å². The maximum atomic E-state index is 6.17. The first-order chi connectivity index (χ1) is 12.4. The average molecular weight is 388 g/mol. The van der Waals surface area contributed by atoms with Crippen LogP contribution in [0.25, 0.3) is 0 Å². The molecule has 0 spiro atoms. The first kappa shape index (κ1) is 21.4. The summed E-state index contributed by atoms with van der Waals surface area (Å²) in [5.41, 5.74) is 0. The highest BCUT2D eigenvalue weighted by Crippen LogP contribution is 2.18. The molecule has 0 aromatic heterocycles.